The fourth-order valence-electron chi connectivity index (χ4n) is 3.51. The molecule has 3 aromatic carbocycles. The smallest absolute Gasteiger partial charge is 0.271 e. The van der Waals surface area contributed by atoms with Crippen molar-refractivity contribution in [3.8, 4) is 0 Å². The maximum absolute atomic E-state index is 13.3. The number of anilines is 2. The molecule has 0 fully saturated rings. The Morgan fingerprint density at radius 1 is 0.853 bits per heavy atom. The molecule has 0 radical (unpaired) electrons. The van der Waals surface area contributed by atoms with Gasteiger partial charge in [-0.1, -0.05) is 42.5 Å². The molecular weight excluding hydrogens is 484 g/mol. The first-order valence-corrected chi connectivity index (χ1v) is 13.8. The van der Waals surface area contributed by atoms with E-state index < -0.39 is 15.3 Å². The van der Waals surface area contributed by atoms with Crippen LogP contribution in [0.2, 0.25) is 0 Å². The molecule has 1 atom stereocenters. The van der Waals surface area contributed by atoms with E-state index in [0.717, 1.165) is 38.6 Å². The first-order valence-electron chi connectivity index (χ1n) is 10.6. The van der Waals surface area contributed by atoms with Crippen LogP contribution in [-0.2, 0) is 14.8 Å². The summed E-state index contributed by atoms with van der Waals surface area (Å²) in [6, 6.07) is 25.9. The first-order chi connectivity index (χ1) is 16.3. The highest BCUT2D eigenvalue weighted by atomic mass is 32.2. The first kappa shape index (κ1) is 24.1. The van der Waals surface area contributed by atoms with Gasteiger partial charge in [0.25, 0.3) is 10.0 Å². The number of carbonyl (C=O) groups excluding carboxylic acids is 1. The van der Waals surface area contributed by atoms with Crippen LogP contribution in [0, 0.1) is 13.8 Å². The third-order valence-corrected chi connectivity index (χ3v) is 9.00. The van der Waals surface area contributed by atoms with Gasteiger partial charge in [-0.2, -0.15) is 0 Å². The number of hydrogen-bond donors (Lipinski definition) is 2. The van der Waals surface area contributed by atoms with Crippen molar-refractivity contribution < 1.29 is 13.2 Å². The summed E-state index contributed by atoms with van der Waals surface area (Å²) in [4.78, 5) is 14.2. The normalized spacial score (nSPS) is 12.2. The number of amides is 1. The molecule has 0 bridgehead atoms. The molecule has 5 nitrogen and oxygen atoms in total. The Balaban J connectivity index is 1.53. The summed E-state index contributed by atoms with van der Waals surface area (Å²) >= 11 is 2.58. The van der Waals surface area contributed by atoms with Gasteiger partial charge < -0.3 is 5.32 Å². The molecule has 0 spiro atoms. The van der Waals surface area contributed by atoms with Gasteiger partial charge in [-0.3, -0.25) is 9.52 Å². The molecule has 174 valence electrons. The summed E-state index contributed by atoms with van der Waals surface area (Å²) in [7, 11) is -3.61. The minimum absolute atomic E-state index is 0.122. The predicted octanol–water partition coefficient (Wildman–Crippen LogP) is 6.64. The Morgan fingerprint density at radius 2 is 1.53 bits per heavy atom. The monoisotopic (exact) mass is 508 g/mol. The number of nitrogens with one attached hydrogen (secondary N) is 2. The molecule has 0 saturated heterocycles. The molecule has 0 aliphatic heterocycles. The van der Waals surface area contributed by atoms with Crippen LogP contribution in [-0.4, -0.2) is 14.3 Å². The number of hydrogen-bond acceptors (Lipinski definition) is 5. The van der Waals surface area contributed by atoms with Gasteiger partial charge in [-0.15, -0.1) is 23.1 Å². The van der Waals surface area contributed by atoms with Crippen LogP contribution >= 0.6 is 23.1 Å². The van der Waals surface area contributed by atoms with Gasteiger partial charge in [-0.25, -0.2) is 8.42 Å². The lowest BCUT2D eigenvalue weighted by Gasteiger charge is -2.18. The largest absolute Gasteiger partial charge is 0.325 e. The van der Waals surface area contributed by atoms with E-state index in [9.17, 15) is 13.2 Å². The molecule has 1 heterocycles. The van der Waals surface area contributed by atoms with Gasteiger partial charge in [0.15, 0.2) is 0 Å². The molecule has 0 saturated carbocycles. The van der Waals surface area contributed by atoms with Crippen molar-refractivity contribution in [3.63, 3.8) is 0 Å². The van der Waals surface area contributed by atoms with Crippen molar-refractivity contribution in [3.05, 3.63) is 107 Å². The maximum Gasteiger partial charge on any atom is 0.271 e. The Morgan fingerprint density at radius 3 is 2.15 bits per heavy atom. The van der Waals surface area contributed by atoms with Crippen LogP contribution in [0.3, 0.4) is 0 Å². The predicted molar refractivity (Wildman–Crippen MR) is 141 cm³/mol. The Hall–Kier alpha value is -3.07. The Kier molecular flexibility index (Phi) is 7.41. The zero-order valence-electron chi connectivity index (χ0n) is 18.7. The Bertz CT molecular complexity index is 1350. The second-order valence-electron chi connectivity index (χ2n) is 7.84. The minimum Gasteiger partial charge on any atom is -0.325 e. The van der Waals surface area contributed by atoms with E-state index in [1.165, 1.54) is 11.8 Å². The molecule has 2 N–H and O–H groups in total. The van der Waals surface area contributed by atoms with E-state index in [-0.39, 0.29) is 10.1 Å². The lowest BCUT2D eigenvalue weighted by molar-refractivity contribution is -0.115. The van der Waals surface area contributed by atoms with E-state index in [1.807, 2.05) is 68.4 Å². The molecule has 34 heavy (non-hydrogen) atoms. The van der Waals surface area contributed by atoms with Gasteiger partial charge >= 0.3 is 0 Å². The standard InChI is InChI=1S/C26H24N2O3S3/c1-18-15-19(2)17-22(16-18)27-26(29)25(20-7-4-3-5-8-20)33-23-12-10-21(11-13-23)28-34(30,31)24-9-6-14-32-24/h3-17,25,28H,1-2H3,(H,27,29). The van der Waals surface area contributed by atoms with Crippen molar-refractivity contribution in [1.29, 1.82) is 0 Å². The van der Waals surface area contributed by atoms with E-state index in [1.54, 1.807) is 29.6 Å². The third kappa shape index (κ3) is 6.08. The molecule has 4 rings (SSSR count). The average molecular weight is 509 g/mol. The SMILES string of the molecule is Cc1cc(C)cc(NC(=O)C(Sc2ccc(NS(=O)(=O)c3cccs3)cc2)c2ccccc2)c1. The number of benzene rings is 3. The third-order valence-electron chi connectivity index (χ3n) is 4.95. The van der Waals surface area contributed by atoms with Crippen LogP contribution < -0.4 is 10.0 Å². The molecule has 0 aliphatic rings. The number of thioether (sulfide) groups is 1. The highest BCUT2D eigenvalue weighted by molar-refractivity contribution is 8.00. The number of carbonyl (C=O) groups is 1. The molecule has 8 heteroatoms. The second-order valence-corrected chi connectivity index (χ2v) is 11.9. The summed E-state index contributed by atoms with van der Waals surface area (Å²) in [6.45, 7) is 4.00. The Labute approximate surface area is 208 Å². The summed E-state index contributed by atoms with van der Waals surface area (Å²) < 4.78 is 27.8. The van der Waals surface area contributed by atoms with Gasteiger partial charge in [0.1, 0.15) is 9.46 Å². The molecular formula is C26H24N2O3S3. The number of sulfonamides is 1. The molecule has 4 aromatic rings. The van der Waals surface area contributed by atoms with Crippen molar-refractivity contribution >= 4 is 50.4 Å². The van der Waals surface area contributed by atoms with Crippen molar-refractivity contribution in [1.82, 2.24) is 0 Å². The molecule has 1 amide bonds. The second kappa shape index (κ2) is 10.5. The van der Waals surface area contributed by atoms with Crippen LogP contribution in [0.15, 0.2) is 99.4 Å². The van der Waals surface area contributed by atoms with Crippen LogP contribution in [0.4, 0.5) is 11.4 Å². The van der Waals surface area contributed by atoms with E-state index >= 15 is 0 Å². The average Bonchev–Trinajstić information content (AvgIpc) is 3.34. The summed E-state index contributed by atoms with van der Waals surface area (Å²) in [5.41, 5.74) is 4.28. The van der Waals surface area contributed by atoms with Crippen LogP contribution in [0.25, 0.3) is 0 Å². The fourth-order valence-corrected chi connectivity index (χ4v) is 6.59. The van der Waals surface area contributed by atoms with Crippen molar-refractivity contribution in [2.45, 2.75) is 28.2 Å². The topological polar surface area (TPSA) is 75.3 Å². The van der Waals surface area contributed by atoms with Gasteiger partial charge in [0.2, 0.25) is 5.91 Å². The van der Waals surface area contributed by atoms with Crippen LogP contribution in [0.5, 0.6) is 0 Å². The highest BCUT2D eigenvalue weighted by Crippen LogP contribution is 2.37. The van der Waals surface area contributed by atoms with E-state index in [4.69, 9.17) is 0 Å². The fraction of sp³-hybridized carbons (Fsp3) is 0.115. The van der Waals surface area contributed by atoms with Crippen molar-refractivity contribution in [2.24, 2.45) is 0 Å². The summed E-state index contributed by atoms with van der Waals surface area (Å²) in [6.07, 6.45) is 0. The maximum atomic E-state index is 13.3. The molecule has 1 unspecified atom stereocenters. The summed E-state index contributed by atoms with van der Waals surface area (Å²) in [5, 5.41) is 4.30. The number of rotatable bonds is 8. The minimum atomic E-state index is -3.61. The van der Waals surface area contributed by atoms with Gasteiger partial charge in [0.05, 0.1) is 0 Å². The number of thiophene rings is 1. The zero-order chi connectivity index (χ0) is 24.1. The zero-order valence-corrected chi connectivity index (χ0v) is 21.1. The van der Waals surface area contributed by atoms with E-state index in [2.05, 4.69) is 16.1 Å². The lowest BCUT2D eigenvalue weighted by atomic mass is 10.1. The molecule has 0 aliphatic carbocycles. The highest BCUT2D eigenvalue weighted by Gasteiger charge is 2.23. The van der Waals surface area contributed by atoms with Gasteiger partial charge in [0, 0.05) is 16.3 Å². The van der Waals surface area contributed by atoms with Crippen molar-refractivity contribution in [2.75, 3.05) is 10.0 Å². The number of aryl methyl sites for hydroxylation is 2. The van der Waals surface area contributed by atoms with Gasteiger partial charge in [-0.05, 0) is 78.4 Å². The summed E-state index contributed by atoms with van der Waals surface area (Å²) in [5.74, 6) is -0.122. The van der Waals surface area contributed by atoms with Crippen LogP contribution in [0.1, 0.15) is 21.9 Å². The quantitative estimate of drug-likeness (QED) is 0.262. The van der Waals surface area contributed by atoms with E-state index in [0.29, 0.717) is 5.69 Å². The lowest BCUT2D eigenvalue weighted by Crippen LogP contribution is -2.19. The molecule has 1 aromatic heterocycles.